The summed E-state index contributed by atoms with van der Waals surface area (Å²) in [5.41, 5.74) is 0.309. The van der Waals surface area contributed by atoms with Crippen molar-refractivity contribution in [3.8, 4) is 12.0 Å². The fourth-order valence-electron chi connectivity index (χ4n) is 3.13. The number of nitrogens with two attached hydrogens (primary N) is 2. The van der Waals surface area contributed by atoms with Gasteiger partial charge in [0.05, 0.1) is 26.2 Å². The van der Waals surface area contributed by atoms with E-state index in [0.717, 1.165) is 31.6 Å². The third kappa shape index (κ3) is 5.53. The standard InChI is InChI=1S/C20H22F2N4O3/c21-15-8-16(22)10-17(9-15)25-20(28)19(29-6-1-13-7-14(13)12-27)18(11-23)26-4-2-24-3-5-26/h8-11,13-14,23-24,27H,2-5,7,12H2,(H,25,28)/p+2/b19-18-,23-11?/t13?,14-/m1/s1. The van der Waals surface area contributed by atoms with Crippen molar-refractivity contribution in [3.05, 3.63) is 41.3 Å². The highest BCUT2D eigenvalue weighted by molar-refractivity contribution is 6.05. The smallest absolute Gasteiger partial charge is 0.294 e. The van der Waals surface area contributed by atoms with Gasteiger partial charge in [-0.25, -0.2) is 8.78 Å². The Hall–Kier alpha value is -2.96. The maximum atomic E-state index is 13.4. The average molecular weight is 406 g/mol. The van der Waals surface area contributed by atoms with Crippen LogP contribution in [0.25, 0.3) is 0 Å². The molecule has 1 saturated heterocycles. The number of carbonyl (C=O) groups excluding carboxylic acids is 1. The van der Waals surface area contributed by atoms with Gasteiger partial charge in [-0.05, 0) is 24.5 Å². The van der Waals surface area contributed by atoms with Gasteiger partial charge in [0.25, 0.3) is 5.91 Å². The third-order valence-corrected chi connectivity index (χ3v) is 4.82. The van der Waals surface area contributed by atoms with Gasteiger partial charge in [-0.2, -0.15) is 0 Å². The summed E-state index contributed by atoms with van der Waals surface area (Å²) < 4.78 is 32.4. The van der Waals surface area contributed by atoms with Gasteiger partial charge in [0, 0.05) is 24.3 Å². The molecule has 0 spiro atoms. The summed E-state index contributed by atoms with van der Waals surface area (Å²) in [6.45, 7) is 3.02. The van der Waals surface area contributed by atoms with Crippen molar-refractivity contribution in [2.45, 2.75) is 6.42 Å². The number of ether oxygens (including phenoxy) is 1. The molecule has 1 aromatic carbocycles. The monoisotopic (exact) mass is 406 g/mol. The van der Waals surface area contributed by atoms with Gasteiger partial charge < -0.3 is 25.4 Å². The number of benzene rings is 1. The highest BCUT2D eigenvalue weighted by Gasteiger charge is 2.35. The molecule has 1 aliphatic heterocycles. The average Bonchev–Trinajstić information content (AvgIpc) is 3.46. The molecule has 1 saturated carbocycles. The molecule has 7 nitrogen and oxygen atoms in total. The first-order valence-electron chi connectivity index (χ1n) is 9.43. The zero-order chi connectivity index (χ0) is 20.8. The van der Waals surface area contributed by atoms with Crippen LogP contribution in [-0.4, -0.2) is 54.9 Å². The van der Waals surface area contributed by atoms with E-state index in [0.29, 0.717) is 24.9 Å². The van der Waals surface area contributed by atoms with Crippen LogP contribution in [0.2, 0.25) is 0 Å². The van der Waals surface area contributed by atoms with Crippen LogP contribution < -0.4 is 16.0 Å². The van der Waals surface area contributed by atoms with Crippen molar-refractivity contribution in [2.75, 3.05) is 38.1 Å². The second-order valence-corrected chi connectivity index (χ2v) is 6.98. The van der Waals surface area contributed by atoms with Crippen LogP contribution in [0.5, 0.6) is 0 Å². The molecule has 9 heteroatoms. The number of carbonyl (C=O) groups is 1. The zero-order valence-electron chi connectivity index (χ0n) is 15.8. The first-order valence-corrected chi connectivity index (χ1v) is 9.43. The zero-order valence-corrected chi connectivity index (χ0v) is 15.8. The predicted molar refractivity (Wildman–Crippen MR) is 101 cm³/mol. The minimum absolute atomic E-state index is 0.0246. The number of allylic oxidation sites excluding steroid dienone is 1. The van der Waals surface area contributed by atoms with Crippen molar-refractivity contribution in [1.82, 2.24) is 4.90 Å². The normalized spacial score (nSPS) is 21.4. The Morgan fingerprint density at radius 3 is 2.62 bits per heavy atom. The predicted octanol–water partition coefficient (Wildman–Crippen LogP) is -1.57. The van der Waals surface area contributed by atoms with Crippen molar-refractivity contribution >= 4 is 17.8 Å². The second kappa shape index (κ2) is 9.49. The van der Waals surface area contributed by atoms with E-state index in [1.165, 1.54) is 6.21 Å². The molecule has 1 unspecified atom stereocenters. The number of piperazine rings is 1. The van der Waals surface area contributed by atoms with Gasteiger partial charge >= 0.3 is 0 Å². The number of aliphatic hydroxyl groups excluding tert-OH is 1. The summed E-state index contributed by atoms with van der Waals surface area (Å²) in [5, 5.41) is 19.5. The van der Waals surface area contributed by atoms with Gasteiger partial charge in [0.15, 0.2) is 11.9 Å². The first-order chi connectivity index (χ1) is 14.0. The molecule has 154 valence electrons. The van der Waals surface area contributed by atoms with Crippen molar-refractivity contribution in [3.63, 3.8) is 0 Å². The van der Waals surface area contributed by atoms with Crippen molar-refractivity contribution in [1.29, 1.82) is 0 Å². The molecule has 3 rings (SSSR count). The number of hydrogen-bond donors (Lipinski definition) is 4. The van der Waals surface area contributed by atoms with Gasteiger partial charge in [-0.1, -0.05) is 5.92 Å². The van der Waals surface area contributed by atoms with Crippen molar-refractivity contribution < 1.29 is 34.1 Å². The maximum absolute atomic E-state index is 13.4. The highest BCUT2D eigenvalue weighted by atomic mass is 19.1. The van der Waals surface area contributed by atoms with E-state index in [4.69, 9.17) is 15.3 Å². The molecule has 0 aromatic heterocycles. The Bertz CT molecular complexity index is 852. The third-order valence-electron chi connectivity index (χ3n) is 4.82. The summed E-state index contributed by atoms with van der Waals surface area (Å²) in [6, 6.07) is 2.72. The molecule has 2 atom stereocenters. The van der Waals surface area contributed by atoms with E-state index in [-0.39, 0.29) is 29.9 Å². The summed E-state index contributed by atoms with van der Waals surface area (Å²) in [6.07, 6.45) is 4.56. The molecule has 6 N–H and O–H groups in total. The van der Waals surface area contributed by atoms with Gasteiger partial charge in [-0.15, -0.1) is 0 Å². The Balaban J connectivity index is 1.84. The quantitative estimate of drug-likeness (QED) is 0.198. The van der Waals surface area contributed by atoms with Crippen LogP contribution in [0.1, 0.15) is 6.42 Å². The number of hydrogen-bond acceptors (Lipinski definition) is 4. The molecule has 1 heterocycles. The first kappa shape index (κ1) is 20.8. The van der Waals surface area contributed by atoms with Crippen LogP contribution in [-0.2, 0) is 9.53 Å². The minimum Gasteiger partial charge on any atom is -0.399 e. The van der Waals surface area contributed by atoms with E-state index in [2.05, 4.69) is 22.7 Å². The Kier molecular flexibility index (Phi) is 6.80. The van der Waals surface area contributed by atoms with Gasteiger partial charge in [0.2, 0.25) is 5.76 Å². The fourth-order valence-corrected chi connectivity index (χ4v) is 3.13. The molecular weight excluding hydrogens is 382 g/mol. The highest BCUT2D eigenvalue weighted by Crippen LogP contribution is 2.36. The number of nitrogens with zero attached hydrogens (tertiary/aromatic N) is 1. The molecule has 2 aliphatic rings. The molecule has 1 aromatic rings. The van der Waals surface area contributed by atoms with E-state index in [9.17, 15) is 13.6 Å². The van der Waals surface area contributed by atoms with Crippen LogP contribution >= 0.6 is 0 Å². The minimum atomic E-state index is -0.813. The number of halogens is 2. The van der Waals surface area contributed by atoms with Crippen molar-refractivity contribution in [2.24, 2.45) is 11.8 Å². The number of amides is 1. The van der Waals surface area contributed by atoms with Crippen LogP contribution in [0.4, 0.5) is 14.5 Å². The molecule has 1 amide bonds. The summed E-state index contributed by atoms with van der Waals surface area (Å²) >= 11 is 0. The number of anilines is 1. The molecular formula is C20H24F2N4O3+2. The largest absolute Gasteiger partial charge is 0.399 e. The Labute approximate surface area is 167 Å². The van der Waals surface area contributed by atoms with Crippen LogP contribution in [0, 0.1) is 35.5 Å². The molecule has 0 bridgehead atoms. The number of rotatable bonds is 6. The lowest BCUT2D eigenvalue weighted by molar-refractivity contribution is -0.662. The summed E-state index contributed by atoms with van der Waals surface area (Å²) in [7, 11) is 0. The molecule has 0 radical (unpaired) electrons. The molecule has 1 aliphatic carbocycles. The number of quaternary nitrogens is 1. The molecule has 29 heavy (non-hydrogen) atoms. The SMILES string of the molecule is [NH2+]=C/C(=C(/OC#CC1C[C@@H]1CO)C(=O)Nc1cc(F)cc(F)c1)N1CC[NH2+]CC1. The molecule has 2 fully saturated rings. The number of aliphatic hydroxyl groups is 1. The number of nitrogens with one attached hydrogen (secondary N) is 1. The Morgan fingerprint density at radius 1 is 1.34 bits per heavy atom. The Morgan fingerprint density at radius 2 is 2.03 bits per heavy atom. The topological polar surface area (TPSA) is 104 Å². The maximum Gasteiger partial charge on any atom is 0.294 e. The van der Waals surface area contributed by atoms with Crippen LogP contribution in [0.3, 0.4) is 0 Å². The van der Waals surface area contributed by atoms with Gasteiger partial charge in [0.1, 0.15) is 17.7 Å². The van der Waals surface area contributed by atoms with Gasteiger partial charge in [-0.3, -0.25) is 10.2 Å². The second-order valence-electron chi connectivity index (χ2n) is 6.98. The van der Waals surface area contributed by atoms with E-state index in [1.807, 2.05) is 4.90 Å². The fraction of sp³-hybridized carbons (Fsp3) is 0.400. The summed E-state index contributed by atoms with van der Waals surface area (Å²) in [5.74, 6) is 0.523. The van der Waals surface area contributed by atoms with E-state index in [1.54, 1.807) is 0 Å². The van der Waals surface area contributed by atoms with Crippen LogP contribution in [0.15, 0.2) is 29.7 Å². The summed E-state index contributed by atoms with van der Waals surface area (Å²) in [4.78, 5) is 14.7. The lowest BCUT2D eigenvalue weighted by Gasteiger charge is -2.27. The lowest BCUT2D eigenvalue weighted by atomic mass is 10.2. The lowest BCUT2D eigenvalue weighted by Crippen LogP contribution is -2.89. The van der Waals surface area contributed by atoms with E-state index >= 15 is 0 Å². The van der Waals surface area contributed by atoms with E-state index < -0.39 is 17.5 Å².